The van der Waals surface area contributed by atoms with Gasteiger partial charge >= 0.3 is 5.97 Å². The standard InChI is InChI=1S/C16H19N3O3/c1-4-22-16(21)13-8(2)12(17-9(13)3)7-11-14(10-5-6-10)18-19-15(11)20/h7,17-18H,4-6H2,1-3H3,(H,19,20). The Kier molecular flexibility index (Phi) is 3.52. The Bertz CT molecular complexity index is 906. The summed E-state index contributed by atoms with van der Waals surface area (Å²) in [4.78, 5) is 27.2. The maximum absolute atomic E-state index is 12.0. The van der Waals surface area contributed by atoms with E-state index in [2.05, 4.69) is 15.2 Å². The molecule has 2 aromatic rings. The van der Waals surface area contributed by atoms with Crippen LogP contribution in [-0.2, 0) is 4.74 Å². The van der Waals surface area contributed by atoms with Crippen LogP contribution in [0.15, 0.2) is 4.79 Å². The maximum atomic E-state index is 12.0. The molecule has 0 amide bonds. The Morgan fingerprint density at radius 1 is 1.27 bits per heavy atom. The minimum absolute atomic E-state index is 0.154. The van der Waals surface area contributed by atoms with Crippen molar-refractivity contribution in [1.29, 1.82) is 0 Å². The van der Waals surface area contributed by atoms with Gasteiger partial charge in [-0.05, 0) is 50.8 Å². The van der Waals surface area contributed by atoms with Crippen molar-refractivity contribution in [3.63, 3.8) is 0 Å². The van der Waals surface area contributed by atoms with E-state index < -0.39 is 0 Å². The number of H-pyrrole nitrogens is 3. The van der Waals surface area contributed by atoms with Gasteiger partial charge in [0.2, 0.25) is 0 Å². The van der Waals surface area contributed by atoms with Crippen LogP contribution in [0.3, 0.4) is 0 Å². The molecule has 116 valence electrons. The number of esters is 1. The van der Waals surface area contributed by atoms with Gasteiger partial charge in [-0.15, -0.1) is 0 Å². The van der Waals surface area contributed by atoms with Crippen LogP contribution in [0.5, 0.6) is 0 Å². The fraction of sp³-hybridized carbons (Fsp3) is 0.375. The van der Waals surface area contributed by atoms with Crippen molar-refractivity contribution in [2.24, 2.45) is 0 Å². The Labute approximate surface area is 126 Å². The number of carbonyl (C=O) groups excluding carboxylic acids is 1. The zero-order valence-corrected chi connectivity index (χ0v) is 12.9. The van der Waals surface area contributed by atoms with Gasteiger partial charge in [0.15, 0.2) is 0 Å². The fourth-order valence-electron chi connectivity index (χ4n) is 2.67. The maximum Gasteiger partial charge on any atom is 0.340 e. The van der Waals surface area contributed by atoms with E-state index in [0.717, 1.165) is 35.1 Å². The van der Waals surface area contributed by atoms with Gasteiger partial charge in [-0.2, -0.15) is 0 Å². The Morgan fingerprint density at radius 3 is 2.64 bits per heavy atom. The molecule has 0 bridgehead atoms. The average Bonchev–Trinajstić information content (AvgIpc) is 3.18. The van der Waals surface area contributed by atoms with Crippen molar-refractivity contribution < 1.29 is 9.53 Å². The summed E-state index contributed by atoms with van der Waals surface area (Å²) in [6.07, 6.45) is 3.83. The monoisotopic (exact) mass is 301 g/mol. The summed E-state index contributed by atoms with van der Waals surface area (Å²) in [5.41, 5.74) is 3.93. The van der Waals surface area contributed by atoms with Gasteiger partial charge in [-0.25, -0.2) is 4.79 Å². The molecule has 0 radical (unpaired) electrons. The smallest absolute Gasteiger partial charge is 0.340 e. The third-order valence-electron chi connectivity index (χ3n) is 3.91. The number of hydrogen-bond acceptors (Lipinski definition) is 3. The molecule has 1 saturated carbocycles. The number of hydrogen-bond donors (Lipinski definition) is 3. The third kappa shape index (κ3) is 2.41. The molecular formula is C16H19N3O3. The van der Waals surface area contributed by atoms with Crippen molar-refractivity contribution in [2.75, 3.05) is 6.61 Å². The zero-order valence-electron chi connectivity index (χ0n) is 12.9. The number of ether oxygens (including phenoxy) is 1. The minimum atomic E-state index is -0.340. The summed E-state index contributed by atoms with van der Waals surface area (Å²) >= 11 is 0. The van der Waals surface area contributed by atoms with Crippen LogP contribution in [0.4, 0.5) is 0 Å². The molecule has 1 fully saturated rings. The van der Waals surface area contributed by atoms with E-state index in [1.807, 2.05) is 13.8 Å². The molecule has 3 rings (SSSR count). The largest absolute Gasteiger partial charge is 0.462 e. The van der Waals surface area contributed by atoms with Gasteiger partial charge in [0.05, 0.1) is 22.7 Å². The summed E-state index contributed by atoms with van der Waals surface area (Å²) in [6.45, 7) is 5.80. The van der Waals surface area contributed by atoms with E-state index in [1.165, 1.54) is 5.57 Å². The molecule has 0 unspecified atom stereocenters. The van der Waals surface area contributed by atoms with Crippen molar-refractivity contribution in [2.45, 2.75) is 33.6 Å². The first-order valence-corrected chi connectivity index (χ1v) is 7.39. The highest BCUT2D eigenvalue weighted by Gasteiger charge is 2.19. The first-order valence-electron chi connectivity index (χ1n) is 7.39. The molecule has 1 aliphatic rings. The molecule has 22 heavy (non-hydrogen) atoms. The number of carbonyl (C=O) groups is 1. The highest BCUT2D eigenvalue weighted by atomic mass is 16.5. The lowest BCUT2D eigenvalue weighted by Gasteiger charge is -2.01. The number of aromatic amines is 3. The predicted molar refractivity (Wildman–Crippen MR) is 83.1 cm³/mol. The molecule has 2 aromatic heterocycles. The Hall–Kier alpha value is -2.50. The molecular weight excluding hydrogens is 282 g/mol. The lowest BCUT2D eigenvalue weighted by Crippen LogP contribution is -2.33. The van der Waals surface area contributed by atoms with E-state index in [0.29, 0.717) is 17.4 Å². The van der Waals surface area contributed by atoms with Crippen molar-refractivity contribution in [3.8, 4) is 0 Å². The molecule has 6 nitrogen and oxygen atoms in total. The van der Waals surface area contributed by atoms with Crippen LogP contribution >= 0.6 is 0 Å². The SMILES string of the molecule is CCOC(=O)c1c(C)[nH]c(C=c2c(=O)[nH][nH]c2=C2CC2)c1C. The normalized spacial score (nSPS) is 14.5. The van der Waals surface area contributed by atoms with E-state index in [4.69, 9.17) is 4.74 Å². The lowest BCUT2D eigenvalue weighted by molar-refractivity contribution is 0.0525. The zero-order chi connectivity index (χ0) is 15.9. The molecule has 0 spiro atoms. The number of rotatable bonds is 3. The summed E-state index contributed by atoms with van der Waals surface area (Å²) in [6, 6.07) is 0. The summed E-state index contributed by atoms with van der Waals surface area (Å²) in [5.74, 6) is -0.340. The predicted octanol–water partition coefficient (Wildman–Crippen LogP) is 0.598. The lowest BCUT2D eigenvalue weighted by atomic mass is 10.1. The molecule has 0 saturated heterocycles. The average molecular weight is 301 g/mol. The van der Waals surface area contributed by atoms with Crippen LogP contribution in [-0.4, -0.2) is 27.8 Å². The molecule has 1 aliphatic carbocycles. The fourth-order valence-corrected chi connectivity index (χ4v) is 2.67. The Balaban J connectivity index is 2.16. The van der Waals surface area contributed by atoms with Gasteiger partial charge < -0.3 is 9.72 Å². The quantitative estimate of drug-likeness (QED) is 0.725. The van der Waals surface area contributed by atoms with Gasteiger partial charge in [0, 0.05) is 11.4 Å². The van der Waals surface area contributed by atoms with E-state index in [-0.39, 0.29) is 11.5 Å². The van der Waals surface area contributed by atoms with Gasteiger partial charge in [-0.1, -0.05) is 0 Å². The topological polar surface area (TPSA) is 90.7 Å². The summed E-state index contributed by atoms with van der Waals surface area (Å²) in [7, 11) is 0. The van der Waals surface area contributed by atoms with Crippen LogP contribution in [0.1, 0.15) is 47.1 Å². The second-order valence-corrected chi connectivity index (χ2v) is 5.50. The molecule has 2 heterocycles. The van der Waals surface area contributed by atoms with Crippen LogP contribution in [0.25, 0.3) is 11.6 Å². The minimum Gasteiger partial charge on any atom is -0.462 e. The van der Waals surface area contributed by atoms with Crippen molar-refractivity contribution in [1.82, 2.24) is 15.2 Å². The molecule has 0 aromatic carbocycles. The molecule has 0 aliphatic heterocycles. The van der Waals surface area contributed by atoms with Gasteiger partial charge in [-0.3, -0.25) is 15.0 Å². The first kappa shape index (κ1) is 14.4. The number of nitrogens with one attached hydrogen (secondary N) is 3. The highest BCUT2D eigenvalue weighted by molar-refractivity contribution is 5.93. The van der Waals surface area contributed by atoms with E-state index in [9.17, 15) is 9.59 Å². The summed E-state index contributed by atoms with van der Waals surface area (Å²) in [5, 5.41) is 7.03. The summed E-state index contributed by atoms with van der Waals surface area (Å²) < 4.78 is 5.08. The third-order valence-corrected chi connectivity index (χ3v) is 3.91. The molecule has 0 atom stereocenters. The van der Waals surface area contributed by atoms with Gasteiger partial charge in [0.1, 0.15) is 0 Å². The van der Waals surface area contributed by atoms with Crippen molar-refractivity contribution >= 4 is 17.6 Å². The van der Waals surface area contributed by atoms with E-state index in [1.54, 1.807) is 13.0 Å². The van der Waals surface area contributed by atoms with Crippen molar-refractivity contribution in [3.05, 3.63) is 43.4 Å². The Morgan fingerprint density at radius 2 is 2.00 bits per heavy atom. The van der Waals surface area contributed by atoms with E-state index >= 15 is 0 Å². The second kappa shape index (κ2) is 5.36. The van der Waals surface area contributed by atoms with Crippen LogP contribution in [0.2, 0.25) is 0 Å². The first-order chi connectivity index (χ1) is 10.5. The second-order valence-electron chi connectivity index (χ2n) is 5.50. The molecule has 6 heteroatoms. The van der Waals surface area contributed by atoms with Gasteiger partial charge in [0.25, 0.3) is 5.56 Å². The molecule has 3 N–H and O–H groups in total. The highest BCUT2D eigenvalue weighted by Crippen LogP contribution is 2.26. The number of aryl methyl sites for hydroxylation is 1. The van der Waals surface area contributed by atoms with Crippen LogP contribution in [0, 0.1) is 13.8 Å². The van der Waals surface area contributed by atoms with Crippen LogP contribution < -0.4 is 16.1 Å². The number of aromatic nitrogens is 3.